The maximum atomic E-state index is 11.5. The van der Waals surface area contributed by atoms with Crippen LogP contribution in [0.15, 0.2) is 23.1 Å². The highest BCUT2D eigenvalue weighted by Gasteiger charge is 2.13. The average Bonchev–Trinajstić information content (AvgIpc) is 2.37. The van der Waals surface area contributed by atoms with Crippen LogP contribution in [0.1, 0.15) is 5.56 Å². The van der Waals surface area contributed by atoms with Crippen molar-refractivity contribution in [3.63, 3.8) is 0 Å². The number of benzene rings is 1. The van der Waals surface area contributed by atoms with Crippen molar-refractivity contribution in [3.8, 4) is 0 Å². The molecule has 19 heavy (non-hydrogen) atoms. The van der Waals surface area contributed by atoms with E-state index in [2.05, 4.69) is 10.2 Å². The van der Waals surface area contributed by atoms with Crippen molar-refractivity contribution in [2.24, 2.45) is 0 Å². The van der Waals surface area contributed by atoms with E-state index in [-0.39, 0.29) is 0 Å². The number of nitrogens with one attached hydrogen (secondary N) is 1. The predicted molar refractivity (Wildman–Crippen MR) is 77.6 cm³/mol. The molecule has 0 radical (unpaired) electrons. The molecule has 106 valence electrons. The molecule has 1 aromatic carbocycles. The maximum absolute atomic E-state index is 11.5. The lowest BCUT2D eigenvalue weighted by Gasteiger charge is -2.27. The number of rotatable bonds is 4. The van der Waals surface area contributed by atoms with Crippen LogP contribution < -0.4 is 5.32 Å². The summed E-state index contributed by atoms with van der Waals surface area (Å²) in [7, 11) is -3.17. The Labute approximate surface area is 119 Å². The molecular weight excluding hydrogens is 284 g/mol. The zero-order chi connectivity index (χ0) is 13.9. The lowest BCUT2D eigenvalue weighted by Crippen LogP contribution is -2.44. The van der Waals surface area contributed by atoms with Crippen molar-refractivity contribution >= 4 is 21.4 Å². The van der Waals surface area contributed by atoms with Gasteiger partial charge in [0, 0.05) is 44.0 Å². The quantitative estimate of drug-likeness (QED) is 0.908. The van der Waals surface area contributed by atoms with E-state index in [0.29, 0.717) is 9.92 Å². The first-order valence-corrected chi connectivity index (χ1v) is 8.65. The molecule has 1 N–H and O–H groups in total. The lowest BCUT2D eigenvalue weighted by molar-refractivity contribution is 0.244. The Kier molecular flexibility index (Phi) is 4.84. The second-order valence-corrected chi connectivity index (χ2v) is 7.29. The molecule has 0 spiro atoms. The third-order valence-electron chi connectivity index (χ3n) is 3.35. The highest BCUT2D eigenvalue weighted by molar-refractivity contribution is 7.90. The molecule has 0 bridgehead atoms. The Morgan fingerprint density at radius 2 is 2.00 bits per heavy atom. The van der Waals surface area contributed by atoms with E-state index in [9.17, 15) is 8.42 Å². The first-order chi connectivity index (χ1) is 8.97. The minimum atomic E-state index is -3.17. The van der Waals surface area contributed by atoms with Crippen LogP contribution in [0.25, 0.3) is 0 Å². The summed E-state index contributed by atoms with van der Waals surface area (Å²) >= 11 is 6.14. The summed E-state index contributed by atoms with van der Waals surface area (Å²) in [5.41, 5.74) is 0.906. The molecule has 1 aliphatic heterocycles. The van der Waals surface area contributed by atoms with Gasteiger partial charge in [0.25, 0.3) is 0 Å². The Bertz CT molecular complexity index is 540. The average molecular weight is 303 g/mol. The molecule has 1 aromatic rings. The number of halogens is 1. The van der Waals surface area contributed by atoms with Crippen LogP contribution in [0.5, 0.6) is 0 Å². The van der Waals surface area contributed by atoms with E-state index in [4.69, 9.17) is 11.6 Å². The number of hydrogen-bond acceptors (Lipinski definition) is 4. The molecule has 1 aliphatic rings. The SMILES string of the molecule is CS(=O)(=O)c1ccc(Cl)c(CCN2CCNCC2)c1. The van der Waals surface area contributed by atoms with E-state index < -0.39 is 9.84 Å². The first-order valence-electron chi connectivity index (χ1n) is 6.38. The number of nitrogens with zero attached hydrogens (tertiary/aromatic N) is 1. The second kappa shape index (κ2) is 6.22. The first kappa shape index (κ1) is 14.8. The summed E-state index contributed by atoms with van der Waals surface area (Å²) in [6.07, 6.45) is 2.00. The smallest absolute Gasteiger partial charge is 0.175 e. The normalized spacial score (nSPS) is 17.6. The summed E-state index contributed by atoms with van der Waals surface area (Å²) in [6.45, 7) is 5.00. The highest BCUT2D eigenvalue weighted by Crippen LogP contribution is 2.21. The molecule has 0 atom stereocenters. The Morgan fingerprint density at radius 1 is 1.32 bits per heavy atom. The van der Waals surface area contributed by atoms with Crippen LogP contribution in [0.2, 0.25) is 5.02 Å². The molecule has 0 amide bonds. The lowest BCUT2D eigenvalue weighted by atomic mass is 10.1. The van der Waals surface area contributed by atoms with Crippen LogP contribution >= 0.6 is 11.6 Å². The molecule has 4 nitrogen and oxygen atoms in total. The minimum absolute atomic E-state index is 0.340. The molecule has 0 unspecified atom stereocenters. The molecule has 1 fully saturated rings. The fraction of sp³-hybridized carbons (Fsp3) is 0.538. The number of hydrogen-bond donors (Lipinski definition) is 1. The van der Waals surface area contributed by atoms with Crippen molar-refractivity contribution in [3.05, 3.63) is 28.8 Å². The molecule has 0 aromatic heterocycles. The van der Waals surface area contributed by atoms with Gasteiger partial charge in [-0.15, -0.1) is 0 Å². The zero-order valence-corrected chi connectivity index (χ0v) is 12.6. The van der Waals surface area contributed by atoms with Gasteiger partial charge in [0.05, 0.1) is 4.90 Å². The van der Waals surface area contributed by atoms with E-state index in [1.54, 1.807) is 18.2 Å². The van der Waals surface area contributed by atoms with Crippen molar-refractivity contribution in [2.75, 3.05) is 39.0 Å². The second-order valence-electron chi connectivity index (χ2n) is 4.87. The van der Waals surface area contributed by atoms with Crippen molar-refractivity contribution in [1.82, 2.24) is 10.2 Å². The van der Waals surface area contributed by atoms with Crippen LogP contribution in [0.3, 0.4) is 0 Å². The summed E-state index contributed by atoms with van der Waals surface area (Å²) in [5, 5.41) is 3.95. The molecular formula is C13H19ClN2O2S. The van der Waals surface area contributed by atoms with Crippen molar-refractivity contribution in [2.45, 2.75) is 11.3 Å². The third kappa shape index (κ3) is 4.18. The van der Waals surface area contributed by atoms with Crippen molar-refractivity contribution in [1.29, 1.82) is 0 Å². The standard InChI is InChI=1S/C13H19ClN2O2S/c1-19(17,18)12-2-3-13(14)11(10-12)4-7-16-8-5-15-6-9-16/h2-3,10,15H,4-9H2,1H3. The maximum Gasteiger partial charge on any atom is 0.175 e. The third-order valence-corrected chi connectivity index (χ3v) is 4.83. The van der Waals surface area contributed by atoms with E-state index in [1.165, 1.54) is 6.26 Å². The Hall–Kier alpha value is -0.620. The Morgan fingerprint density at radius 3 is 2.63 bits per heavy atom. The molecule has 0 aliphatic carbocycles. The molecule has 1 saturated heterocycles. The van der Waals surface area contributed by atoms with Crippen molar-refractivity contribution < 1.29 is 8.42 Å². The van der Waals surface area contributed by atoms with Gasteiger partial charge in [-0.1, -0.05) is 11.6 Å². The van der Waals surface area contributed by atoms with Gasteiger partial charge >= 0.3 is 0 Å². The minimum Gasteiger partial charge on any atom is -0.314 e. The topological polar surface area (TPSA) is 49.4 Å². The molecule has 2 rings (SSSR count). The van der Waals surface area contributed by atoms with Crippen LogP contribution in [-0.2, 0) is 16.3 Å². The monoisotopic (exact) mass is 302 g/mol. The van der Waals surface area contributed by atoms with Crippen LogP contribution in [0.4, 0.5) is 0 Å². The molecule has 6 heteroatoms. The van der Waals surface area contributed by atoms with Crippen LogP contribution in [0, 0.1) is 0 Å². The van der Waals surface area contributed by atoms with E-state index >= 15 is 0 Å². The fourth-order valence-corrected chi connectivity index (χ4v) is 3.07. The van der Waals surface area contributed by atoms with E-state index in [0.717, 1.165) is 44.7 Å². The van der Waals surface area contributed by atoms with Crippen LogP contribution in [-0.4, -0.2) is 52.3 Å². The van der Waals surface area contributed by atoms with Gasteiger partial charge in [0.2, 0.25) is 0 Å². The van der Waals surface area contributed by atoms with Gasteiger partial charge in [0.1, 0.15) is 0 Å². The Balaban J connectivity index is 2.06. The van der Waals surface area contributed by atoms with Gasteiger partial charge in [-0.25, -0.2) is 8.42 Å². The summed E-state index contributed by atoms with van der Waals surface area (Å²) in [4.78, 5) is 2.70. The van der Waals surface area contributed by atoms with E-state index in [1.807, 2.05) is 0 Å². The summed E-state index contributed by atoms with van der Waals surface area (Å²) in [6, 6.07) is 4.93. The zero-order valence-electron chi connectivity index (χ0n) is 11.0. The molecule has 0 saturated carbocycles. The predicted octanol–water partition coefficient (Wildman–Crippen LogP) is 1.19. The van der Waals surface area contributed by atoms with Gasteiger partial charge in [-0.3, -0.25) is 0 Å². The summed E-state index contributed by atoms with van der Waals surface area (Å²) < 4.78 is 23.1. The number of sulfone groups is 1. The number of piperazine rings is 1. The highest BCUT2D eigenvalue weighted by atomic mass is 35.5. The fourth-order valence-electron chi connectivity index (χ4n) is 2.19. The summed E-state index contributed by atoms with van der Waals surface area (Å²) in [5.74, 6) is 0. The van der Waals surface area contributed by atoms with Gasteiger partial charge < -0.3 is 10.2 Å². The van der Waals surface area contributed by atoms with Gasteiger partial charge in [0.15, 0.2) is 9.84 Å². The van der Waals surface area contributed by atoms with Gasteiger partial charge in [-0.2, -0.15) is 0 Å². The largest absolute Gasteiger partial charge is 0.314 e. The molecule has 1 heterocycles. The van der Waals surface area contributed by atoms with Gasteiger partial charge in [-0.05, 0) is 30.2 Å².